The molecule has 0 bridgehead atoms. The first-order valence-electron chi connectivity index (χ1n) is 4.46. The summed E-state index contributed by atoms with van der Waals surface area (Å²) in [5.74, 6) is 0. The van der Waals surface area contributed by atoms with E-state index in [4.69, 9.17) is 14.2 Å². The quantitative estimate of drug-likeness (QED) is 0.598. The van der Waals surface area contributed by atoms with Gasteiger partial charge in [0.05, 0.1) is 25.4 Å². The molecule has 4 nitrogen and oxygen atoms in total. The minimum atomic E-state index is -0.215. The van der Waals surface area contributed by atoms with Crippen LogP contribution in [0.3, 0.4) is 0 Å². The highest BCUT2D eigenvalue weighted by atomic mass is 16.5. The second kappa shape index (κ2) is 7.26. The smallest absolute Gasteiger partial charge is 0.0889 e. The van der Waals surface area contributed by atoms with E-state index < -0.39 is 0 Å². The molecule has 0 saturated heterocycles. The average molecular weight is 191 g/mol. The number of nitrogens with one attached hydrogen (secondary N) is 1. The zero-order chi connectivity index (χ0) is 10.2. The fourth-order valence-corrected chi connectivity index (χ4v) is 1.48. The van der Waals surface area contributed by atoms with Crippen molar-refractivity contribution >= 4 is 0 Å². The van der Waals surface area contributed by atoms with Gasteiger partial charge < -0.3 is 19.5 Å². The Morgan fingerprint density at radius 3 is 1.54 bits per heavy atom. The van der Waals surface area contributed by atoms with Crippen LogP contribution in [0.15, 0.2) is 0 Å². The van der Waals surface area contributed by atoms with Crippen LogP contribution >= 0.6 is 0 Å². The first kappa shape index (κ1) is 12.8. The Kier molecular flexibility index (Phi) is 7.17. The lowest BCUT2D eigenvalue weighted by molar-refractivity contribution is -0.00449. The Morgan fingerprint density at radius 2 is 1.31 bits per heavy atom. The van der Waals surface area contributed by atoms with Gasteiger partial charge in [0, 0.05) is 21.3 Å². The lowest BCUT2D eigenvalue weighted by Crippen LogP contribution is -2.55. The van der Waals surface area contributed by atoms with Gasteiger partial charge in [-0.15, -0.1) is 0 Å². The molecule has 13 heavy (non-hydrogen) atoms. The van der Waals surface area contributed by atoms with Crippen molar-refractivity contribution in [3.8, 4) is 0 Å². The van der Waals surface area contributed by atoms with E-state index in [1.807, 2.05) is 0 Å². The van der Waals surface area contributed by atoms with Crippen LogP contribution < -0.4 is 5.32 Å². The van der Waals surface area contributed by atoms with Crippen LogP contribution in [0.2, 0.25) is 0 Å². The molecule has 0 aliphatic rings. The van der Waals surface area contributed by atoms with Crippen molar-refractivity contribution in [1.82, 2.24) is 5.32 Å². The lowest BCUT2D eigenvalue weighted by atomic mass is 10.0. The second-order valence-corrected chi connectivity index (χ2v) is 3.11. The highest BCUT2D eigenvalue weighted by Crippen LogP contribution is 2.06. The molecule has 80 valence electrons. The third-order valence-electron chi connectivity index (χ3n) is 1.81. The van der Waals surface area contributed by atoms with Gasteiger partial charge in [-0.05, 0) is 6.54 Å². The molecule has 0 saturated carbocycles. The molecule has 0 aliphatic heterocycles. The van der Waals surface area contributed by atoms with Crippen LogP contribution in [-0.4, -0.2) is 53.2 Å². The van der Waals surface area contributed by atoms with Gasteiger partial charge in [-0.2, -0.15) is 0 Å². The molecule has 0 unspecified atom stereocenters. The van der Waals surface area contributed by atoms with Crippen molar-refractivity contribution in [3.05, 3.63) is 0 Å². The van der Waals surface area contributed by atoms with Crippen LogP contribution in [0.4, 0.5) is 0 Å². The maximum atomic E-state index is 5.14. The zero-order valence-electron chi connectivity index (χ0n) is 9.05. The molecule has 0 aromatic carbocycles. The zero-order valence-corrected chi connectivity index (χ0v) is 9.05. The fraction of sp³-hybridized carbons (Fsp3) is 1.00. The minimum Gasteiger partial charge on any atom is -0.383 e. The van der Waals surface area contributed by atoms with Crippen LogP contribution in [0.25, 0.3) is 0 Å². The molecular formula is C9H21NO3. The van der Waals surface area contributed by atoms with Gasteiger partial charge in [-0.1, -0.05) is 6.92 Å². The summed E-state index contributed by atoms with van der Waals surface area (Å²) in [6.45, 7) is 4.68. The molecule has 0 amide bonds. The largest absolute Gasteiger partial charge is 0.383 e. The summed E-state index contributed by atoms with van der Waals surface area (Å²) in [6.07, 6.45) is 0. The van der Waals surface area contributed by atoms with E-state index in [-0.39, 0.29) is 5.54 Å². The molecule has 0 rings (SSSR count). The predicted octanol–water partition coefficient (Wildman–Crippen LogP) is 0.274. The Hall–Kier alpha value is -0.160. The van der Waals surface area contributed by atoms with Crippen molar-refractivity contribution in [2.45, 2.75) is 12.5 Å². The highest BCUT2D eigenvalue weighted by molar-refractivity contribution is 4.87. The van der Waals surface area contributed by atoms with Crippen LogP contribution in [-0.2, 0) is 14.2 Å². The molecule has 1 N–H and O–H groups in total. The van der Waals surface area contributed by atoms with Gasteiger partial charge in [0.25, 0.3) is 0 Å². The number of methoxy groups -OCH3 is 3. The van der Waals surface area contributed by atoms with E-state index >= 15 is 0 Å². The van der Waals surface area contributed by atoms with Gasteiger partial charge in [-0.3, -0.25) is 0 Å². The summed E-state index contributed by atoms with van der Waals surface area (Å²) in [5, 5.41) is 3.32. The van der Waals surface area contributed by atoms with Crippen molar-refractivity contribution in [2.24, 2.45) is 0 Å². The van der Waals surface area contributed by atoms with Gasteiger partial charge in [0.1, 0.15) is 0 Å². The third kappa shape index (κ3) is 4.57. The first-order chi connectivity index (χ1) is 6.24. The van der Waals surface area contributed by atoms with E-state index in [1.165, 1.54) is 0 Å². The Balaban J connectivity index is 4.19. The Labute approximate surface area is 80.5 Å². The maximum absolute atomic E-state index is 5.14. The second-order valence-electron chi connectivity index (χ2n) is 3.11. The van der Waals surface area contributed by atoms with Gasteiger partial charge >= 0.3 is 0 Å². The topological polar surface area (TPSA) is 39.7 Å². The number of rotatable bonds is 8. The summed E-state index contributed by atoms with van der Waals surface area (Å²) >= 11 is 0. The van der Waals surface area contributed by atoms with Crippen LogP contribution in [0.1, 0.15) is 6.92 Å². The lowest BCUT2D eigenvalue weighted by Gasteiger charge is -2.32. The Bertz CT molecular complexity index is 89.9. The normalized spacial score (nSPS) is 12.0. The molecule has 0 aromatic heterocycles. The molecule has 0 fully saturated rings. The summed E-state index contributed by atoms with van der Waals surface area (Å²) in [6, 6.07) is 0. The molecule has 0 spiro atoms. The molecule has 0 atom stereocenters. The summed E-state index contributed by atoms with van der Waals surface area (Å²) in [4.78, 5) is 0. The summed E-state index contributed by atoms with van der Waals surface area (Å²) < 4.78 is 15.4. The van der Waals surface area contributed by atoms with Crippen molar-refractivity contribution < 1.29 is 14.2 Å². The predicted molar refractivity (Wildman–Crippen MR) is 52.0 cm³/mol. The third-order valence-corrected chi connectivity index (χ3v) is 1.81. The van der Waals surface area contributed by atoms with Gasteiger partial charge in [0.15, 0.2) is 0 Å². The summed E-state index contributed by atoms with van der Waals surface area (Å²) in [5.41, 5.74) is -0.215. The van der Waals surface area contributed by atoms with E-state index in [0.717, 1.165) is 6.54 Å². The fourth-order valence-electron chi connectivity index (χ4n) is 1.48. The number of likely N-dealkylation sites (N-methyl/N-ethyl adjacent to an activating group) is 1. The van der Waals surface area contributed by atoms with E-state index in [0.29, 0.717) is 19.8 Å². The number of hydrogen-bond donors (Lipinski definition) is 1. The highest BCUT2D eigenvalue weighted by Gasteiger charge is 2.29. The van der Waals surface area contributed by atoms with Crippen molar-refractivity contribution in [1.29, 1.82) is 0 Å². The first-order valence-corrected chi connectivity index (χ1v) is 4.46. The molecule has 4 heteroatoms. The SMILES string of the molecule is CCNC(COC)(COC)COC. The van der Waals surface area contributed by atoms with Crippen LogP contribution in [0, 0.1) is 0 Å². The monoisotopic (exact) mass is 191 g/mol. The van der Waals surface area contributed by atoms with Gasteiger partial charge in [0.2, 0.25) is 0 Å². The standard InChI is InChI=1S/C9H21NO3/c1-5-10-9(6-11-2,7-12-3)8-13-4/h10H,5-8H2,1-4H3. The Morgan fingerprint density at radius 1 is 0.923 bits per heavy atom. The molecule has 0 radical (unpaired) electrons. The number of hydrogen-bond acceptors (Lipinski definition) is 4. The van der Waals surface area contributed by atoms with Crippen molar-refractivity contribution in [3.63, 3.8) is 0 Å². The van der Waals surface area contributed by atoms with E-state index in [1.54, 1.807) is 21.3 Å². The average Bonchev–Trinajstić information content (AvgIpc) is 2.06. The molecule has 0 heterocycles. The number of ether oxygens (including phenoxy) is 3. The molecule has 0 aromatic rings. The maximum Gasteiger partial charge on any atom is 0.0889 e. The van der Waals surface area contributed by atoms with E-state index in [9.17, 15) is 0 Å². The molecular weight excluding hydrogens is 170 g/mol. The van der Waals surface area contributed by atoms with Crippen LogP contribution in [0.5, 0.6) is 0 Å². The molecule has 0 aliphatic carbocycles. The van der Waals surface area contributed by atoms with Crippen molar-refractivity contribution in [2.75, 3.05) is 47.7 Å². The van der Waals surface area contributed by atoms with Gasteiger partial charge in [-0.25, -0.2) is 0 Å². The minimum absolute atomic E-state index is 0.215. The summed E-state index contributed by atoms with van der Waals surface area (Å²) in [7, 11) is 5.03. The van der Waals surface area contributed by atoms with E-state index in [2.05, 4.69) is 12.2 Å².